The van der Waals surface area contributed by atoms with Crippen LogP contribution in [0.2, 0.25) is 0 Å². The Bertz CT molecular complexity index is 412. The van der Waals surface area contributed by atoms with Crippen LogP contribution in [0.15, 0.2) is 5.38 Å². The first-order chi connectivity index (χ1) is 7.99. The van der Waals surface area contributed by atoms with Gasteiger partial charge in [0.15, 0.2) is 0 Å². The molecular formula is C12H18N2O2S. The zero-order valence-corrected chi connectivity index (χ0v) is 11.1. The van der Waals surface area contributed by atoms with Gasteiger partial charge in [-0.25, -0.2) is 4.98 Å². The Morgan fingerprint density at radius 3 is 2.82 bits per heavy atom. The Kier molecular flexibility index (Phi) is 3.49. The summed E-state index contributed by atoms with van der Waals surface area (Å²) in [7, 11) is 2.04. The molecule has 1 heterocycles. The van der Waals surface area contributed by atoms with Crippen molar-refractivity contribution < 1.29 is 9.90 Å². The molecule has 1 aliphatic carbocycles. The number of aliphatic carboxylic acids is 1. The molecule has 1 N–H and O–H groups in total. The molecule has 1 aromatic heterocycles. The summed E-state index contributed by atoms with van der Waals surface area (Å²) >= 11 is 1.66. The molecule has 1 aromatic rings. The number of aromatic nitrogens is 1. The molecule has 5 heteroatoms. The molecule has 0 radical (unpaired) electrons. The van der Waals surface area contributed by atoms with Gasteiger partial charge in [0, 0.05) is 18.5 Å². The van der Waals surface area contributed by atoms with Crippen LogP contribution in [-0.2, 0) is 11.3 Å². The van der Waals surface area contributed by atoms with Crippen molar-refractivity contribution >= 4 is 17.3 Å². The average molecular weight is 254 g/mol. The molecule has 0 aliphatic heterocycles. The van der Waals surface area contributed by atoms with Crippen molar-refractivity contribution in [3.05, 3.63) is 16.1 Å². The summed E-state index contributed by atoms with van der Waals surface area (Å²) in [6.45, 7) is 3.67. The van der Waals surface area contributed by atoms with E-state index in [1.54, 1.807) is 11.3 Å². The van der Waals surface area contributed by atoms with Crippen molar-refractivity contribution in [2.75, 3.05) is 13.6 Å². The molecule has 0 amide bonds. The second-order valence-electron chi connectivity index (χ2n) is 5.10. The van der Waals surface area contributed by atoms with Crippen molar-refractivity contribution in [1.29, 1.82) is 0 Å². The summed E-state index contributed by atoms with van der Waals surface area (Å²) in [6, 6.07) is 0. The predicted octanol–water partition coefficient (Wildman–Crippen LogP) is 2.14. The van der Waals surface area contributed by atoms with Crippen LogP contribution in [0.4, 0.5) is 0 Å². The number of carbonyl (C=O) groups is 1. The minimum absolute atomic E-state index is 0.0334. The van der Waals surface area contributed by atoms with Crippen molar-refractivity contribution in [2.24, 2.45) is 5.41 Å². The lowest BCUT2D eigenvalue weighted by atomic mass is 10.0. The molecule has 1 saturated carbocycles. The number of rotatable bonds is 6. The molecule has 2 rings (SSSR count). The third-order valence-electron chi connectivity index (χ3n) is 3.19. The van der Waals surface area contributed by atoms with Gasteiger partial charge < -0.3 is 5.11 Å². The zero-order chi connectivity index (χ0) is 12.5. The number of hydrogen-bond donors (Lipinski definition) is 1. The van der Waals surface area contributed by atoms with Crippen LogP contribution in [0.25, 0.3) is 0 Å². The molecular weight excluding hydrogens is 236 g/mol. The summed E-state index contributed by atoms with van der Waals surface area (Å²) in [4.78, 5) is 17.4. The Morgan fingerprint density at radius 1 is 1.65 bits per heavy atom. The quantitative estimate of drug-likeness (QED) is 0.845. The lowest BCUT2D eigenvalue weighted by molar-refractivity contribution is -0.138. The minimum atomic E-state index is -0.680. The van der Waals surface area contributed by atoms with E-state index in [0.29, 0.717) is 6.42 Å². The highest BCUT2D eigenvalue weighted by atomic mass is 32.1. The van der Waals surface area contributed by atoms with Crippen LogP contribution in [0.5, 0.6) is 0 Å². The van der Waals surface area contributed by atoms with Crippen molar-refractivity contribution in [2.45, 2.75) is 32.7 Å². The van der Waals surface area contributed by atoms with E-state index >= 15 is 0 Å². The number of hydrogen-bond acceptors (Lipinski definition) is 4. The fraction of sp³-hybridized carbons (Fsp3) is 0.667. The van der Waals surface area contributed by atoms with E-state index in [1.807, 2.05) is 14.0 Å². The first-order valence-corrected chi connectivity index (χ1v) is 6.68. The van der Waals surface area contributed by atoms with E-state index in [1.165, 1.54) is 0 Å². The first kappa shape index (κ1) is 12.5. The van der Waals surface area contributed by atoms with E-state index in [9.17, 15) is 4.79 Å². The van der Waals surface area contributed by atoms with Crippen LogP contribution in [0.3, 0.4) is 0 Å². The number of thiazole rings is 1. The molecule has 1 aliphatic rings. The molecule has 94 valence electrons. The fourth-order valence-corrected chi connectivity index (χ4v) is 2.88. The van der Waals surface area contributed by atoms with Crippen LogP contribution in [0, 0.1) is 12.3 Å². The highest BCUT2D eigenvalue weighted by molar-refractivity contribution is 7.09. The van der Waals surface area contributed by atoms with Crippen LogP contribution < -0.4 is 0 Å². The van der Waals surface area contributed by atoms with Crippen molar-refractivity contribution in [3.63, 3.8) is 0 Å². The van der Waals surface area contributed by atoms with Crippen molar-refractivity contribution in [3.8, 4) is 0 Å². The van der Waals surface area contributed by atoms with Crippen LogP contribution in [-0.4, -0.2) is 34.6 Å². The van der Waals surface area contributed by atoms with E-state index in [2.05, 4.69) is 15.3 Å². The topological polar surface area (TPSA) is 53.4 Å². The minimum Gasteiger partial charge on any atom is -0.481 e. The predicted molar refractivity (Wildman–Crippen MR) is 67.1 cm³/mol. The van der Waals surface area contributed by atoms with Gasteiger partial charge in [0.2, 0.25) is 0 Å². The SMILES string of the molecule is Cc1nc(CN(C)CC2(CC(=O)O)CC2)cs1. The normalized spacial score (nSPS) is 17.4. The molecule has 0 atom stereocenters. The van der Waals surface area contributed by atoms with Crippen molar-refractivity contribution in [1.82, 2.24) is 9.88 Å². The summed E-state index contributed by atoms with van der Waals surface area (Å²) in [5.74, 6) is -0.680. The summed E-state index contributed by atoms with van der Waals surface area (Å²) in [6.07, 6.45) is 2.38. The van der Waals surface area contributed by atoms with Gasteiger partial charge in [-0.15, -0.1) is 11.3 Å². The average Bonchev–Trinajstić information content (AvgIpc) is 2.80. The summed E-state index contributed by atoms with van der Waals surface area (Å²) < 4.78 is 0. The Morgan fingerprint density at radius 2 is 2.35 bits per heavy atom. The molecule has 0 saturated heterocycles. The Labute approximate surface area is 105 Å². The smallest absolute Gasteiger partial charge is 0.303 e. The standard InChI is InChI=1S/C12H18N2O2S/c1-9-13-10(7-17-9)6-14(2)8-12(3-4-12)5-11(15)16/h7H,3-6,8H2,1-2H3,(H,15,16). The Hall–Kier alpha value is -0.940. The summed E-state index contributed by atoms with van der Waals surface area (Å²) in [5.41, 5.74) is 1.12. The van der Waals surface area contributed by atoms with E-state index in [0.717, 1.165) is 36.6 Å². The van der Waals surface area contributed by atoms with Crippen LogP contribution >= 0.6 is 11.3 Å². The van der Waals surface area contributed by atoms with Gasteiger partial charge in [-0.3, -0.25) is 9.69 Å². The van der Waals surface area contributed by atoms with E-state index in [-0.39, 0.29) is 5.41 Å². The molecule has 0 aromatic carbocycles. The lowest BCUT2D eigenvalue weighted by Crippen LogP contribution is -2.28. The maximum absolute atomic E-state index is 10.8. The maximum atomic E-state index is 10.8. The highest BCUT2D eigenvalue weighted by Gasteiger charge is 2.44. The van der Waals surface area contributed by atoms with Gasteiger partial charge in [-0.1, -0.05) is 0 Å². The molecule has 0 spiro atoms. The first-order valence-electron chi connectivity index (χ1n) is 5.80. The molecule has 1 fully saturated rings. The van der Waals surface area contributed by atoms with E-state index in [4.69, 9.17) is 5.11 Å². The second-order valence-corrected chi connectivity index (χ2v) is 6.16. The van der Waals surface area contributed by atoms with Gasteiger partial charge in [-0.2, -0.15) is 0 Å². The molecule has 4 nitrogen and oxygen atoms in total. The maximum Gasteiger partial charge on any atom is 0.303 e. The fourth-order valence-electron chi connectivity index (χ4n) is 2.27. The van der Waals surface area contributed by atoms with E-state index < -0.39 is 5.97 Å². The van der Waals surface area contributed by atoms with Gasteiger partial charge >= 0.3 is 5.97 Å². The zero-order valence-electron chi connectivity index (χ0n) is 10.3. The Balaban J connectivity index is 1.85. The van der Waals surface area contributed by atoms with Gasteiger partial charge in [0.25, 0.3) is 0 Å². The number of aryl methyl sites for hydroxylation is 1. The molecule has 17 heavy (non-hydrogen) atoms. The largest absolute Gasteiger partial charge is 0.481 e. The second kappa shape index (κ2) is 4.74. The number of carboxylic acids is 1. The molecule has 0 bridgehead atoms. The van der Waals surface area contributed by atoms with Gasteiger partial charge in [-0.05, 0) is 32.2 Å². The highest BCUT2D eigenvalue weighted by Crippen LogP contribution is 2.49. The number of carboxylic acid groups (broad SMARTS) is 1. The molecule has 0 unspecified atom stereocenters. The monoisotopic (exact) mass is 254 g/mol. The third-order valence-corrected chi connectivity index (χ3v) is 4.01. The van der Waals surface area contributed by atoms with Gasteiger partial charge in [0.1, 0.15) is 0 Å². The lowest BCUT2D eigenvalue weighted by Gasteiger charge is -2.21. The number of nitrogens with zero attached hydrogens (tertiary/aromatic N) is 2. The summed E-state index contributed by atoms with van der Waals surface area (Å²) in [5, 5.41) is 12.0. The third kappa shape index (κ3) is 3.51. The van der Waals surface area contributed by atoms with Crippen LogP contribution in [0.1, 0.15) is 30.0 Å². The van der Waals surface area contributed by atoms with Gasteiger partial charge in [0.05, 0.1) is 17.1 Å².